The van der Waals surface area contributed by atoms with Crippen molar-refractivity contribution in [2.75, 3.05) is 41.7 Å². The van der Waals surface area contributed by atoms with Crippen molar-refractivity contribution in [2.24, 2.45) is 5.92 Å². The van der Waals surface area contributed by atoms with E-state index in [9.17, 15) is 15.2 Å². The largest absolute Gasteiger partial charge is 0.506 e. The molecule has 4 aromatic rings. The minimum absolute atomic E-state index is 0.132. The molecule has 3 aromatic carbocycles. The topological polar surface area (TPSA) is 105 Å². The molecule has 41 heavy (non-hydrogen) atoms. The summed E-state index contributed by atoms with van der Waals surface area (Å²) in [4.78, 5) is 22.2. The Morgan fingerprint density at radius 3 is 2.71 bits per heavy atom. The molecule has 0 atom stereocenters. The van der Waals surface area contributed by atoms with E-state index >= 15 is 0 Å². The summed E-state index contributed by atoms with van der Waals surface area (Å²) in [6.07, 6.45) is 1.78. The molecule has 0 bridgehead atoms. The first-order valence-corrected chi connectivity index (χ1v) is 15.0. The lowest BCUT2D eigenvalue weighted by atomic mass is 9.72. The number of thiazole rings is 1. The number of anilines is 4. The van der Waals surface area contributed by atoms with E-state index in [1.54, 1.807) is 18.2 Å². The molecule has 2 aliphatic rings. The number of benzene rings is 3. The van der Waals surface area contributed by atoms with E-state index in [0.29, 0.717) is 39.6 Å². The molecule has 0 aliphatic carbocycles. The normalized spacial score (nSPS) is 16.2. The maximum atomic E-state index is 13.1. The molecule has 1 fully saturated rings. The minimum Gasteiger partial charge on any atom is -0.506 e. The van der Waals surface area contributed by atoms with Gasteiger partial charge < -0.3 is 20.2 Å². The van der Waals surface area contributed by atoms with Gasteiger partial charge in [-0.2, -0.15) is 5.26 Å². The van der Waals surface area contributed by atoms with Gasteiger partial charge in [-0.05, 0) is 74.3 Å². The van der Waals surface area contributed by atoms with Crippen molar-refractivity contribution in [3.63, 3.8) is 0 Å². The quantitative estimate of drug-likeness (QED) is 0.226. The van der Waals surface area contributed by atoms with Gasteiger partial charge >= 0.3 is 6.03 Å². The molecule has 6 rings (SSSR count). The Morgan fingerprint density at radius 2 is 1.95 bits per heavy atom. The van der Waals surface area contributed by atoms with Gasteiger partial charge in [-0.15, -0.1) is 0 Å². The van der Waals surface area contributed by atoms with Crippen LogP contribution in [0.1, 0.15) is 37.8 Å². The molecule has 3 N–H and O–H groups in total. The number of piperidine rings is 1. The second kappa shape index (κ2) is 10.9. The summed E-state index contributed by atoms with van der Waals surface area (Å²) in [6, 6.07) is 18.3. The summed E-state index contributed by atoms with van der Waals surface area (Å²) in [6.45, 7) is 7.98. The van der Waals surface area contributed by atoms with Crippen LogP contribution in [0.15, 0.2) is 54.6 Å². The third-order valence-electron chi connectivity index (χ3n) is 7.99. The van der Waals surface area contributed by atoms with Crippen LogP contribution in [-0.4, -0.2) is 47.2 Å². The molecular weight excluding hydrogens is 556 g/mol. The standard InChI is InChI=1S/C31H31ClN6O2S/c1-19(2)17-37-13-11-31(12-14-37)18-38(28-25(39)10-7-20(16-33)27(28)31)24-6-4-3-5-22(24)34-29(40)36-30-35-23-9-8-21(32)15-26(23)41-30/h3-10,15,19,39H,11-14,17-18H2,1-2H3,(H2,34,35,36,40). The first-order chi connectivity index (χ1) is 19.8. The Kier molecular flexibility index (Phi) is 7.24. The summed E-state index contributed by atoms with van der Waals surface area (Å²) in [7, 11) is 0. The fraction of sp³-hybridized carbons (Fsp3) is 0.323. The van der Waals surface area contributed by atoms with Crippen LogP contribution in [0.5, 0.6) is 5.75 Å². The molecule has 1 saturated heterocycles. The maximum absolute atomic E-state index is 13.1. The summed E-state index contributed by atoms with van der Waals surface area (Å²) in [5.74, 6) is 0.715. The SMILES string of the molecule is CC(C)CN1CCC2(CC1)CN(c1ccccc1NC(=O)Nc1nc3ccc(Cl)cc3s1)c1c(O)ccc(C#N)c12. The number of likely N-dealkylation sites (tertiary alicyclic amines) is 1. The summed E-state index contributed by atoms with van der Waals surface area (Å²) in [5, 5.41) is 28.1. The number of fused-ring (bicyclic) bond motifs is 3. The van der Waals surface area contributed by atoms with Crippen LogP contribution in [0, 0.1) is 17.2 Å². The van der Waals surface area contributed by atoms with Crippen molar-refractivity contribution in [3.05, 3.63) is 70.7 Å². The van der Waals surface area contributed by atoms with Gasteiger partial charge in [-0.25, -0.2) is 9.78 Å². The van der Waals surface area contributed by atoms with Crippen LogP contribution < -0.4 is 15.5 Å². The fourth-order valence-electron chi connectivity index (χ4n) is 6.26. The van der Waals surface area contributed by atoms with Crippen LogP contribution in [0.3, 0.4) is 0 Å². The van der Waals surface area contributed by atoms with E-state index in [2.05, 4.69) is 45.3 Å². The maximum Gasteiger partial charge on any atom is 0.325 e. The number of hydrogen-bond donors (Lipinski definition) is 3. The predicted octanol–water partition coefficient (Wildman–Crippen LogP) is 7.31. The van der Waals surface area contributed by atoms with Crippen LogP contribution in [-0.2, 0) is 5.41 Å². The molecule has 8 nitrogen and oxygen atoms in total. The smallest absolute Gasteiger partial charge is 0.325 e. The Morgan fingerprint density at radius 1 is 1.17 bits per heavy atom. The third kappa shape index (κ3) is 5.19. The van der Waals surface area contributed by atoms with Crippen LogP contribution in [0.4, 0.5) is 27.0 Å². The minimum atomic E-state index is -0.422. The second-order valence-corrected chi connectivity index (χ2v) is 12.7. The van der Waals surface area contributed by atoms with E-state index in [1.807, 2.05) is 36.4 Å². The zero-order valence-corrected chi connectivity index (χ0v) is 24.5. The first-order valence-electron chi connectivity index (χ1n) is 13.8. The molecule has 210 valence electrons. The zero-order chi connectivity index (χ0) is 28.7. The molecule has 0 unspecified atom stereocenters. The number of phenols is 1. The zero-order valence-electron chi connectivity index (χ0n) is 22.9. The lowest BCUT2D eigenvalue weighted by Gasteiger charge is -2.40. The third-order valence-corrected chi connectivity index (χ3v) is 9.16. The summed E-state index contributed by atoms with van der Waals surface area (Å²) in [5.41, 5.74) is 4.00. The van der Waals surface area contributed by atoms with E-state index in [0.717, 1.165) is 53.9 Å². The van der Waals surface area contributed by atoms with Gasteiger partial charge in [-0.3, -0.25) is 5.32 Å². The molecule has 2 amide bonds. The number of carbonyl (C=O) groups excluding carboxylic acids is 1. The van der Waals surface area contributed by atoms with Gasteiger partial charge in [0.05, 0.1) is 38.9 Å². The number of aromatic hydroxyl groups is 1. The van der Waals surface area contributed by atoms with Crippen molar-refractivity contribution in [2.45, 2.75) is 32.1 Å². The van der Waals surface area contributed by atoms with E-state index < -0.39 is 6.03 Å². The number of aromatic nitrogens is 1. The molecule has 2 aliphatic heterocycles. The van der Waals surface area contributed by atoms with Crippen molar-refractivity contribution >= 4 is 61.4 Å². The number of halogens is 1. The Balaban J connectivity index is 1.31. The number of phenolic OH excluding ortho intramolecular Hbond substituents is 1. The Labute approximate surface area is 248 Å². The van der Waals surface area contributed by atoms with Gasteiger partial charge in [0.25, 0.3) is 0 Å². The molecule has 1 spiro atoms. The number of carbonyl (C=O) groups is 1. The molecule has 0 saturated carbocycles. The first kappa shape index (κ1) is 27.3. The van der Waals surface area contributed by atoms with Gasteiger partial charge in [0.1, 0.15) is 5.75 Å². The number of nitrogens with one attached hydrogen (secondary N) is 2. The lowest BCUT2D eigenvalue weighted by Crippen LogP contribution is -2.45. The average Bonchev–Trinajstić information content (AvgIpc) is 3.49. The number of para-hydroxylation sites is 2. The number of rotatable bonds is 5. The highest BCUT2D eigenvalue weighted by atomic mass is 35.5. The average molecular weight is 587 g/mol. The number of hydrogen-bond acceptors (Lipinski definition) is 7. The van der Waals surface area contributed by atoms with Crippen LogP contribution in [0.25, 0.3) is 10.2 Å². The van der Waals surface area contributed by atoms with Crippen LogP contribution in [0.2, 0.25) is 5.02 Å². The van der Waals surface area contributed by atoms with Crippen molar-refractivity contribution in [1.29, 1.82) is 5.26 Å². The van der Waals surface area contributed by atoms with Gasteiger partial charge in [0.2, 0.25) is 0 Å². The van der Waals surface area contributed by atoms with Crippen LogP contribution >= 0.6 is 22.9 Å². The summed E-state index contributed by atoms with van der Waals surface area (Å²) >= 11 is 7.45. The van der Waals surface area contributed by atoms with Crippen molar-refractivity contribution < 1.29 is 9.90 Å². The lowest BCUT2D eigenvalue weighted by molar-refractivity contribution is 0.153. The van der Waals surface area contributed by atoms with Crippen molar-refractivity contribution in [3.8, 4) is 11.8 Å². The highest BCUT2D eigenvalue weighted by Crippen LogP contribution is 2.55. The number of nitriles is 1. The predicted molar refractivity (Wildman–Crippen MR) is 166 cm³/mol. The highest BCUT2D eigenvalue weighted by Gasteiger charge is 2.48. The number of nitrogens with zero attached hydrogens (tertiary/aromatic N) is 4. The van der Waals surface area contributed by atoms with Gasteiger partial charge in [0.15, 0.2) is 5.13 Å². The second-order valence-electron chi connectivity index (χ2n) is 11.3. The fourth-order valence-corrected chi connectivity index (χ4v) is 7.39. The van der Waals surface area contributed by atoms with E-state index in [1.165, 1.54) is 11.3 Å². The van der Waals surface area contributed by atoms with E-state index in [4.69, 9.17) is 11.6 Å². The van der Waals surface area contributed by atoms with Gasteiger partial charge in [0, 0.05) is 29.1 Å². The van der Waals surface area contributed by atoms with Crippen molar-refractivity contribution in [1.82, 2.24) is 9.88 Å². The molecular formula is C31H31ClN6O2S. The van der Waals surface area contributed by atoms with E-state index in [-0.39, 0.29) is 11.2 Å². The Hall–Kier alpha value is -3.84. The number of amides is 2. The number of urea groups is 1. The molecule has 10 heteroatoms. The Bertz CT molecular complexity index is 1670. The monoisotopic (exact) mass is 586 g/mol. The highest BCUT2D eigenvalue weighted by molar-refractivity contribution is 7.22. The molecule has 3 heterocycles. The summed E-state index contributed by atoms with van der Waals surface area (Å²) < 4.78 is 0.885. The molecule has 0 radical (unpaired) electrons. The molecule has 1 aromatic heterocycles. The van der Waals surface area contributed by atoms with Gasteiger partial charge in [-0.1, -0.05) is 48.9 Å².